The van der Waals surface area contributed by atoms with Crippen LogP contribution in [0.1, 0.15) is 34.6 Å². The molecule has 0 aliphatic heterocycles. The Balaban J connectivity index is 0. The molecule has 18 heavy (non-hydrogen) atoms. The molecule has 0 aromatic heterocycles. The minimum atomic E-state index is -3.36. The second-order valence-electron chi connectivity index (χ2n) is 5.18. The van der Waals surface area contributed by atoms with Gasteiger partial charge in [0.1, 0.15) is 5.75 Å². The third-order valence-corrected chi connectivity index (χ3v) is 5.27. The van der Waals surface area contributed by atoms with Crippen molar-refractivity contribution in [3.05, 3.63) is 0 Å². The number of rotatable bonds is 6. The minimum Gasteiger partial charge on any atom is -0.349 e. The molecule has 0 aromatic carbocycles. The molecule has 3 N–H and O–H groups in total. The summed E-state index contributed by atoms with van der Waals surface area (Å²) in [5.41, 5.74) is 5.05. The first kappa shape index (κ1) is 20.0. The standard InChI is InChI=1S/C11H24N2O3S.ClH/c1-8(2)11(5,7-12)13-10(14)6-17(15,16)9(3)4;/h8-9H,6-7,12H2,1-5H3,(H,13,14);1H. The topological polar surface area (TPSA) is 89.3 Å². The lowest BCUT2D eigenvalue weighted by molar-refractivity contribution is -0.120. The smallest absolute Gasteiger partial charge is 0.235 e. The number of carbonyl (C=O) groups is 1. The molecule has 1 atom stereocenters. The van der Waals surface area contributed by atoms with Gasteiger partial charge in [0, 0.05) is 6.54 Å². The van der Waals surface area contributed by atoms with Crippen LogP contribution in [-0.4, -0.2) is 37.4 Å². The van der Waals surface area contributed by atoms with Gasteiger partial charge in [-0.3, -0.25) is 4.79 Å². The molecular weight excluding hydrogens is 276 g/mol. The zero-order valence-electron chi connectivity index (χ0n) is 11.7. The summed E-state index contributed by atoms with van der Waals surface area (Å²) >= 11 is 0. The summed E-state index contributed by atoms with van der Waals surface area (Å²) in [6.07, 6.45) is 0. The van der Waals surface area contributed by atoms with Crippen LogP contribution < -0.4 is 11.1 Å². The van der Waals surface area contributed by atoms with Crippen LogP contribution in [0.3, 0.4) is 0 Å². The first-order valence-corrected chi connectivity index (χ1v) is 7.49. The molecule has 0 saturated carbocycles. The van der Waals surface area contributed by atoms with Crippen LogP contribution in [0.5, 0.6) is 0 Å². The second kappa shape index (κ2) is 7.31. The summed E-state index contributed by atoms with van der Waals surface area (Å²) in [6, 6.07) is 0. The molecule has 0 radical (unpaired) electrons. The lowest BCUT2D eigenvalue weighted by Crippen LogP contribution is -2.56. The van der Waals surface area contributed by atoms with Gasteiger partial charge < -0.3 is 11.1 Å². The molecule has 0 spiro atoms. The second-order valence-corrected chi connectivity index (χ2v) is 7.74. The van der Waals surface area contributed by atoms with Gasteiger partial charge in [0.2, 0.25) is 5.91 Å². The average molecular weight is 301 g/mol. The highest BCUT2D eigenvalue weighted by atomic mass is 35.5. The van der Waals surface area contributed by atoms with E-state index in [4.69, 9.17) is 5.73 Å². The van der Waals surface area contributed by atoms with Crippen molar-refractivity contribution in [3.63, 3.8) is 0 Å². The van der Waals surface area contributed by atoms with E-state index in [2.05, 4.69) is 5.32 Å². The normalized spacial score (nSPS) is 15.1. The largest absolute Gasteiger partial charge is 0.349 e. The van der Waals surface area contributed by atoms with Gasteiger partial charge in [-0.05, 0) is 26.7 Å². The van der Waals surface area contributed by atoms with Crippen molar-refractivity contribution in [1.82, 2.24) is 5.32 Å². The minimum absolute atomic E-state index is 0. The predicted molar refractivity (Wildman–Crippen MR) is 76.6 cm³/mol. The number of amides is 1. The van der Waals surface area contributed by atoms with E-state index in [0.717, 1.165) is 0 Å². The Kier molecular flexibility index (Phi) is 8.12. The summed E-state index contributed by atoms with van der Waals surface area (Å²) in [7, 11) is -3.36. The lowest BCUT2D eigenvalue weighted by atomic mass is 9.88. The summed E-state index contributed by atoms with van der Waals surface area (Å²) < 4.78 is 23.2. The Hall–Kier alpha value is -0.330. The Labute approximate surface area is 116 Å². The number of carbonyl (C=O) groups excluding carboxylic acids is 1. The van der Waals surface area contributed by atoms with E-state index in [0.29, 0.717) is 0 Å². The average Bonchev–Trinajstić information content (AvgIpc) is 2.15. The number of nitrogens with one attached hydrogen (secondary N) is 1. The van der Waals surface area contributed by atoms with Crippen molar-refractivity contribution in [2.24, 2.45) is 11.7 Å². The Morgan fingerprint density at radius 2 is 1.72 bits per heavy atom. The van der Waals surface area contributed by atoms with Crippen molar-refractivity contribution in [1.29, 1.82) is 0 Å². The molecule has 0 saturated heterocycles. The van der Waals surface area contributed by atoms with E-state index in [-0.39, 0.29) is 24.9 Å². The van der Waals surface area contributed by atoms with Gasteiger partial charge in [-0.1, -0.05) is 13.8 Å². The maximum atomic E-state index is 11.7. The van der Waals surface area contributed by atoms with Crippen LogP contribution in [0, 0.1) is 5.92 Å². The van der Waals surface area contributed by atoms with E-state index >= 15 is 0 Å². The van der Waals surface area contributed by atoms with Crippen LogP contribution >= 0.6 is 12.4 Å². The maximum absolute atomic E-state index is 11.7. The number of halogens is 1. The van der Waals surface area contributed by atoms with Gasteiger partial charge >= 0.3 is 0 Å². The molecule has 0 aliphatic carbocycles. The predicted octanol–water partition coefficient (Wildman–Crippen LogP) is 0.721. The highest BCUT2D eigenvalue weighted by Gasteiger charge is 2.30. The first-order chi connectivity index (χ1) is 7.55. The molecule has 0 aromatic rings. The van der Waals surface area contributed by atoms with Gasteiger partial charge in [0.25, 0.3) is 0 Å². The zero-order chi connectivity index (χ0) is 13.9. The fourth-order valence-electron chi connectivity index (χ4n) is 1.14. The molecular formula is C11H25ClN2O3S. The quantitative estimate of drug-likeness (QED) is 0.756. The van der Waals surface area contributed by atoms with Crippen molar-refractivity contribution >= 4 is 28.2 Å². The Morgan fingerprint density at radius 1 is 1.28 bits per heavy atom. The van der Waals surface area contributed by atoms with Gasteiger partial charge in [-0.15, -0.1) is 12.4 Å². The summed E-state index contributed by atoms with van der Waals surface area (Å²) in [6.45, 7) is 9.09. The fraction of sp³-hybridized carbons (Fsp3) is 0.909. The summed E-state index contributed by atoms with van der Waals surface area (Å²) in [5.74, 6) is -0.828. The van der Waals surface area contributed by atoms with Crippen LogP contribution in [0.4, 0.5) is 0 Å². The van der Waals surface area contributed by atoms with Crippen LogP contribution in [0.2, 0.25) is 0 Å². The fourth-order valence-corrected chi connectivity index (χ4v) is 1.91. The Morgan fingerprint density at radius 3 is 2.00 bits per heavy atom. The molecule has 0 bridgehead atoms. The van der Waals surface area contributed by atoms with Crippen molar-refractivity contribution in [2.45, 2.75) is 45.4 Å². The summed E-state index contributed by atoms with van der Waals surface area (Å²) in [4.78, 5) is 11.7. The summed E-state index contributed by atoms with van der Waals surface area (Å²) in [5, 5.41) is 2.17. The number of hydrogen-bond acceptors (Lipinski definition) is 4. The first-order valence-electron chi connectivity index (χ1n) is 5.78. The molecule has 5 nitrogen and oxygen atoms in total. The molecule has 0 rings (SSSR count). The van der Waals surface area contributed by atoms with E-state index in [1.165, 1.54) is 0 Å². The third kappa shape index (κ3) is 5.54. The molecule has 0 heterocycles. The van der Waals surface area contributed by atoms with E-state index in [9.17, 15) is 13.2 Å². The maximum Gasteiger partial charge on any atom is 0.235 e. The van der Waals surface area contributed by atoms with Gasteiger partial charge in [0.05, 0.1) is 10.8 Å². The molecule has 0 aliphatic rings. The van der Waals surface area contributed by atoms with E-state index < -0.39 is 32.3 Å². The lowest BCUT2D eigenvalue weighted by Gasteiger charge is -2.33. The van der Waals surface area contributed by atoms with E-state index in [1.54, 1.807) is 13.8 Å². The highest BCUT2D eigenvalue weighted by Crippen LogP contribution is 2.14. The molecule has 0 fully saturated rings. The number of nitrogens with two attached hydrogens (primary N) is 1. The van der Waals surface area contributed by atoms with Crippen molar-refractivity contribution in [2.75, 3.05) is 12.3 Å². The van der Waals surface area contributed by atoms with Gasteiger partial charge in [-0.25, -0.2) is 8.42 Å². The van der Waals surface area contributed by atoms with Crippen LogP contribution in [0.25, 0.3) is 0 Å². The number of sulfone groups is 1. The SMILES string of the molecule is CC(C)C(C)(CN)NC(=O)CS(=O)(=O)C(C)C.Cl. The molecule has 7 heteroatoms. The molecule has 1 amide bonds. The van der Waals surface area contributed by atoms with Gasteiger partial charge in [-0.2, -0.15) is 0 Å². The van der Waals surface area contributed by atoms with Crippen LogP contribution in [-0.2, 0) is 14.6 Å². The highest BCUT2D eigenvalue weighted by molar-refractivity contribution is 7.92. The molecule has 1 unspecified atom stereocenters. The third-order valence-electron chi connectivity index (χ3n) is 3.17. The monoisotopic (exact) mass is 300 g/mol. The Bertz CT molecular complexity index is 368. The zero-order valence-corrected chi connectivity index (χ0v) is 13.3. The molecule has 110 valence electrons. The van der Waals surface area contributed by atoms with Gasteiger partial charge in [0.15, 0.2) is 9.84 Å². The number of hydrogen-bond donors (Lipinski definition) is 2. The van der Waals surface area contributed by atoms with Crippen molar-refractivity contribution in [3.8, 4) is 0 Å². The van der Waals surface area contributed by atoms with Crippen LogP contribution in [0.15, 0.2) is 0 Å². The van der Waals surface area contributed by atoms with Crippen molar-refractivity contribution < 1.29 is 13.2 Å². The van der Waals surface area contributed by atoms with E-state index in [1.807, 2.05) is 20.8 Å².